The molecule has 3 aromatic heterocycles. The average Bonchev–Trinajstić information content (AvgIpc) is 3.60. The van der Waals surface area contributed by atoms with E-state index in [0.29, 0.717) is 24.3 Å². The number of aromatic nitrogens is 3. The highest BCUT2D eigenvalue weighted by Gasteiger charge is 2.24. The maximum absolute atomic E-state index is 5.49. The number of halogens is 1. The first kappa shape index (κ1) is 22.6. The number of pyridine rings is 1. The summed E-state index contributed by atoms with van der Waals surface area (Å²) in [4.78, 5) is 16.5. The second kappa shape index (κ2) is 10.3. The predicted molar refractivity (Wildman–Crippen MR) is 134 cm³/mol. The maximum Gasteiger partial charge on any atom is 0.237 e. The SMILES string of the molecule is CC.COc1ncc(-c2nc(N3CCOCC3)nc3c(Br)csc23)cc1NSC1CC1. The molecule has 31 heavy (non-hydrogen) atoms. The molecule has 0 atom stereocenters. The molecular weight excluding hydrogens is 498 g/mol. The van der Waals surface area contributed by atoms with Gasteiger partial charge in [0.25, 0.3) is 0 Å². The summed E-state index contributed by atoms with van der Waals surface area (Å²) in [7, 11) is 1.64. The van der Waals surface area contributed by atoms with E-state index in [0.717, 1.165) is 50.7 Å². The molecule has 2 fully saturated rings. The minimum atomic E-state index is 0.591. The summed E-state index contributed by atoms with van der Waals surface area (Å²) in [5.74, 6) is 1.32. The zero-order valence-corrected chi connectivity index (χ0v) is 21.1. The van der Waals surface area contributed by atoms with E-state index in [1.54, 1.807) is 30.4 Å². The summed E-state index contributed by atoms with van der Waals surface area (Å²) in [6.07, 6.45) is 4.34. The summed E-state index contributed by atoms with van der Waals surface area (Å²) >= 11 is 7.01. The van der Waals surface area contributed by atoms with Gasteiger partial charge in [-0.2, -0.15) is 0 Å². The molecule has 1 saturated heterocycles. The van der Waals surface area contributed by atoms with Gasteiger partial charge in [0.05, 0.1) is 35.2 Å². The predicted octanol–water partition coefficient (Wildman–Crippen LogP) is 5.61. The van der Waals surface area contributed by atoms with Crippen molar-refractivity contribution in [3.63, 3.8) is 0 Å². The molecule has 0 spiro atoms. The number of nitrogens with zero attached hydrogens (tertiary/aromatic N) is 4. The van der Waals surface area contributed by atoms with Crippen LogP contribution < -0.4 is 14.4 Å². The lowest BCUT2D eigenvalue weighted by atomic mass is 10.2. The summed E-state index contributed by atoms with van der Waals surface area (Å²) in [5, 5.41) is 2.74. The molecule has 1 aliphatic carbocycles. The molecule has 0 bridgehead atoms. The molecule has 1 aliphatic heterocycles. The first-order valence-electron chi connectivity index (χ1n) is 10.5. The van der Waals surface area contributed by atoms with Gasteiger partial charge in [0, 0.05) is 35.5 Å². The van der Waals surface area contributed by atoms with E-state index in [9.17, 15) is 0 Å². The highest BCUT2D eigenvalue weighted by atomic mass is 79.9. The molecule has 10 heteroatoms. The minimum absolute atomic E-state index is 0.591. The molecule has 5 rings (SSSR count). The fourth-order valence-corrected chi connectivity index (χ4v) is 5.51. The first-order valence-corrected chi connectivity index (χ1v) is 13.0. The standard InChI is InChI=1S/C19H20BrN5O2S2.C2H6/c1-26-18-14(24-29-12-2-3-12)8-11(9-21-18)15-17-16(13(20)10-28-17)23-19(22-15)25-4-6-27-7-5-25;1-2/h8-10,12,24H,2-7H2,1H3;1-2H3. The molecule has 4 heterocycles. The van der Waals surface area contributed by atoms with Crippen molar-refractivity contribution in [3.05, 3.63) is 22.1 Å². The molecule has 3 aromatic rings. The topological polar surface area (TPSA) is 72.4 Å². The van der Waals surface area contributed by atoms with Gasteiger partial charge in [-0.25, -0.2) is 15.0 Å². The second-order valence-corrected chi connectivity index (χ2v) is 9.77. The summed E-state index contributed by atoms with van der Waals surface area (Å²) in [6, 6.07) is 2.07. The van der Waals surface area contributed by atoms with Gasteiger partial charge in [-0.3, -0.25) is 0 Å². The number of nitrogens with one attached hydrogen (secondary N) is 1. The Morgan fingerprint density at radius 2 is 2.03 bits per heavy atom. The van der Waals surface area contributed by atoms with Crippen LogP contribution in [0.25, 0.3) is 21.5 Å². The highest BCUT2D eigenvalue weighted by molar-refractivity contribution is 9.10. The van der Waals surface area contributed by atoms with Crippen LogP contribution in [0.2, 0.25) is 0 Å². The minimum Gasteiger partial charge on any atom is -0.480 e. The van der Waals surface area contributed by atoms with Gasteiger partial charge >= 0.3 is 0 Å². The molecule has 0 aromatic carbocycles. The zero-order valence-electron chi connectivity index (χ0n) is 17.9. The lowest BCUT2D eigenvalue weighted by Gasteiger charge is -2.27. The Bertz CT molecular complexity index is 1040. The number of thiophene rings is 1. The lowest BCUT2D eigenvalue weighted by Crippen LogP contribution is -2.37. The molecule has 0 unspecified atom stereocenters. The van der Waals surface area contributed by atoms with Crippen molar-refractivity contribution in [3.8, 4) is 17.1 Å². The molecular formula is C21H26BrN5O2S2. The van der Waals surface area contributed by atoms with E-state index in [1.165, 1.54) is 12.8 Å². The average molecular weight is 525 g/mol. The number of hydrogen-bond acceptors (Lipinski definition) is 9. The zero-order chi connectivity index (χ0) is 21.8. The monoisotopic (exact) mass is 523 g/mol. The van der Waals surface area contributed by atoms with Crippen molar-refractivity contribution in [2.45, 2.75) is 31.9 Å². The molecule has 0 radical (unpaired) electrons. The number of fused-ring (bicyclic) bond motifs is 1. The smallest absolute Gasteiger partial charge is 0.237 e. The third-order valence-electron chi connectivity index (χ3n) is 4.83. The third kappa shape index (κ3) is 5.08. The van der Waals surface area contributed by atoms with Crippen LogP contribution in [0, 0.1) is 0 Å². The number of rotatable bonds is 6. The first-order chi connectivity index (χ1) is 15.2. The normalized spacial score (nSPS) is 16.1. The third-order valence-corrected chi connectivity index (χ3v) is 7.86. The Kier molecular flexibility index (Phi) is 7.52. The van der Waals surface area contributed by atoms with E-state index in [-0.39, 0.29) is 0 Å². The van der Waals surface area contributed by atoms with Crippen LogP contribution in [-0.4, -0.2) is 53.6 Å². The highest BCUT2D eigenvalue weighted by Crippen LogP contribution is 2.40. The van der Waals surface area contributed by atoms with Gasteiger partial charge in [-0.1, -0.05) is 13.8 Å². The van der Waals surface area contributed by atoms with Gasteiger partial charge in [0.1, 0.15) is 11.2 Å². The Morgan fingerprint density at radius 3 is 2.74 bits per heavy atom. The van der Waals surface area contributed by atoms with Gasteiger partial charge < -0.3 is 19.1 Å². The Balaban J connectivity index is 0.00000112. The van der Waals surface area contributed by atoms with Gasteiger partial charge in [0.15, 0.2) is 0 Å². The fourth-order valence-electron chi connectivity index (χ4n) is 3.13. The summed E-state index contributed by atoms with van der Waals surface area (Å²) in [6.45, 7) is 6.97. The van der Waals surface area contributed by atoms with E-state index in [1.807, 2.05) is 20.0 Å². The fraction of sp³-hybridized carbons (Fsp3) is 0.476. The van der Waals surface area contributed by atoms with E-state index < -0.39 is 0 Å². The molecule has 0 amide bonds. The number of ether oxygens (including phenoxy) is 2. The Morgan fingerprint density at radius 1 is 1.26 bits per heavy atom. The van der Waals surface area contributed by atoms with Crippen molar-refractivity contribution in [1.82, 2.24) is 15.0 Å². The second-order valence-electron chi connectivity index (χ2n) is 6.93. The van der Waals surface area contributed by atoms with Crippen LogP contribution in [0.4, 0.5) is 11.6 Å². The number of hydrogen-bond donors (Lipinski definition) is 1. The van der Waals surface area contributed by atoms with Crippen molar-refractivity contribution in [2.24, 2.45) is 0 Å². The number of morpholine rings is 1. The molecule has 166 valence electrons. The largest absolute Gasteiger partial charge is 0.480 e. The summed E-state index contributed by atoms with van der Waals surface area (Å²) in [5.41, 5.74) is 3.64. The van der Waals surface area contributed by atoms with Crippen LogP contribution in [0.1, 0.15) is 26.7 Å². The molecule has 1 saturated carbocycles. The maximum atomic E-state index is 5.49. The van der Waals surface area contributed by atoms with Crippen LogP contribution in [0.3, 0.4) is 0 Å². The van der Waals surface area contributed by atoms with Crippen LogP contribution in [0.5, 0.6) is 5.88 Å². The summed E-state index contributed by atoms with van der Waals surface area (Å²) < 4.78 is 16.4. The lowest BCUT2D eigenvalue weighted by molar-refractivity contribution is 0.122. The van der Waals surface area contributed by atoms with Crippen LogP contribution in [-0.2, 0) is 4.74 Å². The van der Waals surface area contributed by atoms with Gasteiger partial charge in [-0.15, -0.1) is 11.3 Å². The Labute approximate surface area is 199 Å². The van der Waals surface area contributed by atoms with E-state index in [2.05, 4.69) is 42.0 Å². The van der Waals surface area contributed by atoms with E-state index >= 15 is 0 Å². The van der Waals surface area contributed by atoms with Crippen LogP contribution in [0.15, 0.2) is 22.1 Å². The van der Waals surface area contributed by atoms with Gasteiger partial charge in [-0.05, 0) is 46.8 Å². The number of anilines is 2. The van der Waals surface area contributed by atoms with E-state index in [4.69, 9.17) is 19.4 Å². The van der Waals surface area contributed by atoms with Crippen molar-refractivity contribution in [1.29, 1.82) is 0 Å². The van der Waals surface area contributed by atoms with Crippen LogP contribution >= 0.6 is 39.2 Å². The van der Waals surface area contributed by atoms with Gasteiger partial charge in [0.2, 0.25) is 11.8 Å². The van der Waals surface area contributed by atoms with Crippen molar-refractivity contribution < 1.29 is 9.47 Å². The van der Waals surface area contributed by atoms with Crippen molar-refractivity contribution >= 4 is 61.1 Å². The quantitative estimate of drug-likeness (QED) is 0.418. The molecule has 7 nitrogen and oxygen atoms in total. The Hall–Kier alpha value is -1.62. The number of methoxy groups -OCH3 is 1. The molecule has 2 aliphatic rings. The molecule has 1 N–H and O–H groups in total. The van der Waals surface area contributed by atoms with Crippen molar-refractivity contribution in [2.75, 3.05) is 43.0 Å².